The van der Waals surface area contributed by atoms with Crippen LogP contribution in [-0.4, -0.2) is 67.1 Å². The van der Waals surface area contributed by atoms with Crippen LogP contribution in [0.3, 0.4) is 0 Å². The molecular weight excluding hydrogens is 398 g/mol. The molecule has 3 aliphatic heterocycles. The third-order valence-corrected chi connectivity index (χ3v) is 5.99. The van der Waals surface area contributed by atoms with Crippen molar-refractivity contribution in [3.63, 3.8) is 0 Å². The lowest BCUT2D eigenvalue weighted by molar-refractivity contribution is -0.433. The Morgan fingerprint density at radius 3 is 2.72 bits per heavy atom. The minimum Gasteiger partial charge on any atom is -0.455 e. The van der Waals surface area contributed by atoms with Crippen molar-refractivity contribution in [1.29, 1.82) is 0 Å². The second-order valence-electron chi connectivity index (χ2n) is 5.24. The smallest absolute Gasteiger partial charge is 0.415 e. The number of carbonyl (C=O) groups is 2. The molecule has 3 saturated heterocycles. The van der Waals surface area contributed by atoms with Crippen molar-refractivity contribution in [3.8, 4) is 0 Å². The maximum atomic E-state index is 13.1. The molecule has 0 amide bonds. The second kappa shape index (κ2) is 6.57. The van der Waals surface area contributed by atoms with Crippen LogP contribution in [0.4, 0.5) is 8.78 Å². The standard InChI is InChI=1S/C10H10F2O11S2/c11-10(12,24-23-22-15)9(14)18-2-5(13)20-6-3-1-4-7(19-3)8(6)25(16,17)21-4/h3-4,6-8,15H,1-2H2. The summed E-state index contributed by atoms with van der Waals surface area (Å²) in [6.07, 6.45) is -3.07. The fourth-order valence-electron chi connectivity index (χ4n) is 2.90. The van der Waals surface area contributed by atoms with E-state index >= 15 is 0 Å². The number of ether oxygens (including phenoxy) is 3. The average molecular weight is 408 g/mol. The van der Waals surface area contributed by atoms with Crippen molar-refractivity contribution in [2.75, 3.05) is 6.61 Å². The number of hydrogen-bond acceptors (Lipinski definition) is 12. The first-order valence-electron chi connectivity index (χ1n) is 6.64. The molecule has 3 rings (SSSR count). The van der Waals surface area contributed by atoms with Crippen molar-refractivity contribution in [2.24, 2.45) is 0 Å². The highest BCUT2D eigenvalue weighted by Gasteiger charge is 2.67. The molecule has 0 radical (unpaired) electrons. The first-order valence-corrected chi connectivity index (χ1v) is 8.85. The van der Waals surface area contributed by atoms with E-state index < -0.39 is 75.6 Å². The van der Waals surface area contributed by atoms with E-state index in [1.54, 1.807) is 0 Å². The van der Waals surface area contributed by atoms with E-state index in [1.165, 1.54) is 0 Å². The molecule has 0 aromatic heterocycles. The molecule has 2 bridgehead atoms. The van der Waals surface area contributed by atoms with Gasteiger partial charge in [-0.15, -0.1) is 4.33 Å². The molecule has 3 heterocycles. The van der Waals surface area contributed by atoms with Gasteiger partial charge in [-0.2, -0.15) is 17.2 Å². The number of carbonyl (C=O) groups excluding carboxylic acids is 2. The van der Waals surface area contributed by atoms with Gasteiger partial charge in [-0.25, -0.2) is 14.8 Å². The van der Waals surface area contributed by atoms with E-state index in [1.807, 2.05) is 0 Å². The summed E-state index contributed by atoms with van der Waals surface area (Å²) in [5.74, 6) is -3.40. The van der Waals surface area contributed by atoms with Crippen LogP contribution in [0, 0.1) is 0 Å². The summed E-state index contributed by atoms with van der Waals surface area (Å²) in [7, 11) is -3.98. The van der Waals surface area contributed by atoms with Gasteiger partial charge in [-0.1, -0.05) is 5.04 Å². The first-order chi connectivity index (χ1) is 11.7. The minimum absolute atomic E-state index is 0.200. The van der Waals surface area contributed by atoms with Crippen molar-refractivity contribution in [1.82, 2.24) is 0 Å². The van der Waals surface area contributed by atoms with Crippen LogP contribution < -0.4 is 0 Å². The number of hydrogen-bond donors (Lipinski definition) is 1. The molecular formula is C10H10F2O11S2. The number of esters is 2. The summed E-state index contributed by atoms with van der Waals surface area (Å²) in [5.41, 5.74) is 0. The molecule has 5 atom stereocenters. The van der Waals surface area contributed by atoms with Crippen LogP contribution >= 0.6 is 12.0 Å². The minimum atomic E-state index is -4.27. The van der Waals surface area contributed by atoms with Crippen LogP contribution in [0.2, 0.25) is 0 Å². The van der Waals surface area contributed by atoms with Crippen LogP contribution in [0.25, 0.3) is 0 Å². The van der Waals surface area contributed by atoms with E-state index in [0.717, 1.165) is 0 Å². The Hall–Kier alpha value is -1.10. The van der Waals surface area contributed by atoms with E-state index in [4.69, 9.17) is 18.9 Å². The van der Waals surface area contributed by atoms with Gasteiger partial charge in [0, 0.05) is 6.42 Å². The largest absolute Gasteiger partial charge is 0.455 e. The van der Waals surface area contributed by atoms with E-state index in [0.29, 0.717) is 0 Å². The molecule has 3 fully saturated rings. The van der Waals surface area contributed by atoms with Crippen molar-refractivity contribution in [3.05, 3.63) is 0 Å². The van der Waals surface area contributed by atoms with Crippen molar-refractivity contribution in [2.45, 2.75) is 41.3 Å². The van der Waals surface area contributed by atoms with E-state index in [2.05, 4.69) is 14.1 Å². The summed E-state index contributed by atoms with van der Waals surface area (Å²) < 4.78 is 72.5. The molecule has 0 aromatic carbocycles. The van der Waals surface area contributed by atoms with Crippen LogP contribution in [0.5, 0.6) is 0 Å². The summed E-state index contributed by atoms with van der Waals surface area (Å²) in [4.78, 5) is 22.8. The molecule has 0 aliphatic carbocycles. The number of halogens is 2. The summed E-state index contributed by atoms with van der Waals surface area (Å²) in [6, 6.07) is 0. The van der Waals surface area contributed by atoms with Gasteiger partial charge in [0.25, 0.3) is 10.1 Å². The maximum Gasteiger partial charge on any atom is 0.415 e. The molecule has 1 N–H and O–H groups in total. The highest BCUT2D eigenvalue weighted by atomic mass is 32.2. The van der Waals surface area contributed by atoms with Gasteiger partial charge in [0.05, 0.1) is 6.10 Å². The second-order valence-corrected chi connectivity index (χ2v) is 7.78. The lowest BCUT2D eigenvalue weighted by Crippen LogP contribution is -2.43. The average Bonchev–Trinajstić information content (AvgIpc) is 3.12. The zero-order valence-electron chi connectivity index (χ0n) is 11.9. The van der Waals surface area contributed by atoms with Gasteiger partial charge in [0.1, 0.15) is 30.4 Å². The lowest BCUT2D eigenvalue weighted by Gasteiger charge is -2.21. The molecule has 25 heavy (non-hydrogen) atoms. The van der Waals surface area contributed by atoms with Gasteiger partial charge >= 0.3 is 17.2 Å². The molecule has 5 unspecified atom stereocenters. The maximum absolute atomic E-state index is 13.1. The summed E-state index contributed by atoms with van der Waals surface area (Å²) >= 11 is -0.858. The Morgan fingerprint density at radius 2 is 2.04 bits per heavy atom. The fraction of sp³-hybridized carbons (Fsp3) is 0.800. The number of fused-ring (bicyclic) bond motifs is 1. The SMILES string of the molecule is O=C(COC(=O)C(F)(F)SOOO)OC1C2CC3OS(=O)(=O)C1C3O2. The Morgan fingerprint density at radius 1 is 1.32 bits per heavy atom. The lowest BCUT2D eigenvalue weighted by atomic mass is 9.95. The monoisotopic (exact) mass is 408 g/mol. The van der Waals surface area contributed by atoms with Gasteiger partial charge < -0.3 is 14.2 Å². The van der Waals surface area contributed by atoms with Crippen molar-refractivity contribution < 1.29 is 59.8 Å². The number of alkyl halides is 2. The normalized spacial score (nSPS) is 34.9. The molecule has 0 aromatic rings. The molecule has 0 spiro atoms. The molecule has 0 saturated carbocycles. The number of rotatable bonds is 7. The zero-order valence-corrected chi connectivity index (χ0v) is 13.5. The van der Waals surface area contributed by atoms with Gasteiger partial charge in [0.15, 0.2) is 11.9 Å². The Bertz CT molecular complexity index is 666. The highest BCUT2D eigenvalue weighted by molar-refractivity contribution is 7.96. The highest BCUT2D eigenvalue weighted by Crippen LogP contribution is 2.47. The van der Waals surface area contributed by atoms with E-state index in [-0.39, 0.29) is 6.42 Å². The molecule has 11 nitrogen and oxygen atoms in total. The summed E-state index contributed by atoms with van der Waals surface area (Å²) in [5, 5.41) is 5.20. The summed E-state index contributed by atoms with van der Waals surface area (Å²) in [6.45, 7) is -1.19. The van der Waals surface area contributed by atoms with Crippen LogP contribution in [-0.2, 0) is 47.5 Å². The topological polar surface area (TPSA) is 144 Å². The van der Waals surface area contributed by atoms with Gasteiger partial charge in [-0.05, 0) is 0 Å². The predicted octanol–water partition coefficient (Wildman–Crippen LogP) is -0.628. The molecule has 142 valence electrons. The first kappa shape index (κ1) is 18.7. The van der Waals surface area contributed by atoms with Gasteiger partial charge in [0.2, 0.25) is 0 Å². The quantitative estimate of drug-likeness (QED) is 0.188. The Balaban J connectivity index is 1.53. The van der Waals surface area contributed by atoms with Crippen LogP contribution in [0.15, 0.2) is 0 Å². The third-order valence-electron chi connectivity index (χ3n) is 3.76. The molecule has 15 heteroatoms. The third kappa shape index (κ3) is 3.44. The van der Waals surface area contributed by atoms with E-state index in [9.17, 15) is 26.8 Å². The predicted molar refractivity (Wildman–Crippen MR) is 69.0 cm³/mol. The molecule has 3 aliphatic rings. The fourth-order valence-corrected chi connectivity index (χ4v) is 4.93. The van der Waals surface area contributed by atoms with Crippen LogP contribution in [0.1, 0.15) is 6.42 Å². The zero-order chi connectivity index (χ0) is 18.4. The Kier molecular flexibility index (Phi) is 4.91. The van der Waals surface area contributed by atoms with Gasteiger partial charge in [-0.3, -0.25) is 4.18 Å². The Labute approximate surface area is 142 Å². The van der Waals surface area contributed by atoms with Crippen molar-refractivity contribution >= 4 is 34.1 Å².